The molecule has 0 aromatic rings. The first kappa shape index (κ1) is 10.5. The van der Waals surface area contributed by atoms with Crippen molar-refractivity contribution in [2.45, 2.75) is 25.0 Å². The zero-order valence-electron chi connectivity index (χ0n) is 7.77. The monoisotopic (exact) mass is 196 g/mol. The van der Waals surface area contributed by atoms with Crippen molar-refractivity contribution >= 4 is 11.9 Å². The molecule has 0 amide bonds. The van der Waals surface area contributed by atoms with Gasteiger partial charge in [0.25, 0.3) is 0 Å². The molecular weight excluding hydrogens is 184 g/mol. The topological polar surface area (TPSA) is 52.6 Å². The van der Waals surface area contributed by atoms with Crippen LogP contribution in [0.15, 0.2) is 25.3 Å². The molecule has 0 aliphatic carbocycles. The minimum Gasteiger partial charge on any atom is -0.447 e. The highest BCUT2D eigenvalue weighted by molar-refractivity contribution is 5.87. The fraction of sp³-hybridized carbons (Fsp3) is 0.400. The largest absolute Gasteiger partial charge is 0.447 e. The van der Waals surface area contributed by atoms with Crippen molar-refractivity contribution in [2.24, 2.45) is 0 Å². The molecule has 0 spiro atoms. The molecule has 0 aromatic carbocycles. The van der Waals surface area contributed by atoms with E-state index in [-0.39, 0.29) is 12.8 Å². The van der Waals surface area contributed by atoms with E-state index in [1.165, 1.54) is 12.2 Å². The van der Waals surface area contributed by atoms with Crippen LogP contribution in [0.3, 0.4) is 0 Å². The summed E-state index contributed by atoms with van der Waals surface area (Å²) in [4.78, 5) is 22.5. The third-order valence-electron chi connectivity index (χ3n) is 1.80. The number of esters is 2. The number of ether oxygens (including phenoxy) is 2. The summed E-state index contributed by atoms with van der Waals surface area (Å²) in [5.41, 5.74) is 0. The summed E-state index contributed by atoms with van der Waals surface area (Å²) >= 11 is 0. The maximum Gasteiger partial charge on any atom is 0.348 e. The summed E-state index contributed by atoms with van der Waals surface area (Å²) in [5, 5.41) is 0. The first-order valence-corrected chi connectivity index (χ1v) is 4.31. The Morgan fingerprint density at radius 3 is 1.64 bits per heavy atom. The van der Waals surface area contributed by atoms with Crippen LogP contribution in [0.4, 0.5) is 0 Å². The number of hydrogen-bond donors (Lipinski definition) is 0. The molecule has 1 saturated heterocycles. The van der Waals surface area contributed by atoms with Crippen LogP contribution < -0.4 is 0 Å². The number of carbonyl (C=O) groups excluding carboxylic acids is 2. The molecule has 4 heteroatoms. The van der Waals surface area contributed by atoms with Gasteiger partial charge in [-0.05, 0) is 0 Å². The Morgan fingerprint density at radius 2 is 1.36 bits per heavy atom. The molecule has 0 aromatic heterocycles. The molecule has 1 aliphatic heterocycles. The number of hydrogen-bond acceptors (Lipinski definition) is 4. The fourth-order valence-corrected chi connectivity index (χ4v) is 1.12. The fourth-order valence-electron chi connectivity index (χ4n) is 1.12. The van der Waals surface area contributed by atoms with Crippen LogP contribution in [0.1, 0.15) is 12.8 Å². The summed E-state index contributed by atoms with van der Waals surface area (Å²) in [5.74, 6) is -1.03. The van der Waals surface area contributed by atoms with Crippen molar-refractivity contribution < 1.29 is 19.1 Å². The zero-order valence-corrected chi connectivity index (χ0v) is 7.77. The van der Waals surface area contributed by atoms with Gasteiger partial charge in [-0.3, -0.25) is 0 Å². The van der Waals surface area contributed by atoms with Crippen molar-refractivity contribution in [3.8, 4) is 0 Å². The van der Waals surface area contributed by atoms with Crippen LogP contribution in [0.25, 0.3) is 0 Å². The molecule has 2 unspecified atom stereocenters. The van der Waals surface area contributed by atoms with Crippen molar-refractivity contribution in [2.75, 3.05) is 0 Å². The van der Waals surface area contributed by atoms with E-state index in [9.17, 15) is 9.59 Å². The molecule has 0 radical (unpaired) electrons. The van der Waals surface area contributed by atoms with Gasteiger partial charge < -0.3 is 9.47 Å². The molecule has 0 saturated carbocycles. The number of rotatable bonds is 4. The molecule has 1 rings (SSSR count). The average Bonchev–Trinajstić information content (AvgIpc) is 2.14. The van der Waals surface area contributed by atoms with Crippen LogP contribution in [-0.4, -0.2) is 24.1 Å². The van der Waals surface area contributed by atoms with Gasteiger partial charge >= 0.3 is 11.9 Å². The summed E-state index contributed by atoms with van der Waals surface area (Å²) in [6, 6.07) is 0. The third-order valence-corrected chi connectivity index (χ3v) is 1.80. The van der Waals surface area contributed by atoms with Crippen LogP contribution in [-0.2, 0) is 19.1 Å². The van der Waals surface area contributed by atoms with E-state index in [1.807, 2.05) is 0 Å². The number of cyclic esters (lactones) is 2. The molecule has 14 heavy (non-hydrogen) atoms. The highest BCUT2D eigenvalue weighted by Crippen LogP contribution is 2.15. The molecule has 1 aliphatic rings. The third kappa shape index (κ3) is 2.22. The normalized spacial score (nSPS) is 26.3. The minimum atomic E-state index is -0.832. The van der Waals surface area contributed by atoms with E-state index in [4.69, 9.17) is 9.47 Å². The Kier molecular flexibility index (Phi) is 3.45. The van der Waals surface area contributed by atoms with Crippen LogP contribution in [0.2, 0.25) is 0 Å². The molecule has 76 valence electrons. The van der Waals surface area contributed by atoms with Crippen molar-refractivity contribution in [3.05, 3.63) is 25.3 Å². The Hall–Kier alpha value is -1.58. The summed E-state index contributed by atoms with van der Waals surface area (Å²) in [6.45, 7) is 6.91. The average molecular weight is 196 g/mol. The molecule has 2 atom stereocenters. The maximum absolute atomic E-state index is 11.2. The minimum absolute atomic E-state index is 0.283. The standard InChI is InChI=1S/C10H12O4/c1-3-5-7-9(11)14-8(6-4-2)10(12)13-7/h3-4,7-8H,1-2,5-6H2. The maximum atomic E-state index is 11.2. The molecular formula is C10H12O4. The Morgan fingerprint density at radius 1 is 1.00 bits per heavy atom. The zero-order chi connectivity index (χ0) is 10.6. The van der Waals surface area contributed by atoms with Gasteiger partial charge in [0.1, 0.15) is 0 Å². The predicted molar refractivity (Wildman–Crippen MR) is 49.4 cm³/mol. The van der Waals surface area contributed by atoms with E-state index in [0.717, 1.165) is 0 Å². The molecule has 1 fully saturated rings. The van der Waals surface area contributed by atoms with Crippen LogP contribution in [0.5, 0.6) is 0 Å². The van der Waals surface area contributed by atoms with Gasteiger partial charge in [-0.1, -0.05) is 12.2 Å². The summed E-state index contributed by atoms with van der Waals surface area (Å²) in [7, 11) is 0. The first-order chi connectivity index (χ1) is 6.69. The van der Waals surface area contributed by atoms with Gasteiger partial charge in [0.2, 0.25) is 12.2 Å². The molecule has 0 bridgehead atoms. The van der Waals surface area contributed by atoms with E-state index < -0.39 is 24.1 Å². The molecule has 1 heterocycles. The second kappa shape index (κ2) is 4.60. The van der Waals surface area contributed by atoms with Gasteiger partial charge in [-0.25, -0.2) is 9.59 Å². The van der Waals surface area contributed by atoms with Gasteiger partial charge in [-0.15, -0.1) is 13.2 Å². The lowest BCUT2D eigenvalue weighted by molar-refractivity contribution is -0.194. The smallest absolute Gasteiger partial charge is 0.348 e. The quantitative estimate of drug-likeness (QED) is 0.496. The van der Waals surface area contributed by atoms with E-state index in [0.29, 0.717) is 0 Å². The van der Waals surface area contributed by atoms with Crippen molar-refractivity contribution in [3.63, 3.8) is 0 Å². The van der Waals surface area contributed by atoms with Crippen LogP contribution >= 0.6 is 0 Å². The highest BCUT2D eigenvalue weighted by atomic mass is 16.6. The first-order valence-electron chi connectivity index (χ1n) is 4.31. The predicted octanol–water partition coefficient (Wildman–Crippen LogP) is 0.976. The van der Waals surface area contributed by atoms with Gasteiger partial charge in [0.05, 0.1) is 0 Å². The van der Waals surface area contributed by atoms with Crippen molar-refractivity contribution in [1.82, 2.24) is 0 Å². The van der Waals surface area contributed by atoms with Gasteiger partial charge in [0.15, 0.2) is 0 Å². The van der Waals surface area contributed by atoms with Crippen molar-refractivity contribution in [1.29, 1.82) is 0 Å². The van der Waals surface area contributed by atoms with Gasteiger partial charge in [0, 0.05) is 12.8 Å². The lowest BCUT2D eigenvalue weighted by atomic mass is 10.2. The Bertz CT molecular complexity index is 241. The van der Waals surface area contributed by atoms with E-state index >= 15 is 0 Å². The van der Waals surface area contributed by atoms with Crippen LogP contribution in [0, 0.1) is 0 Å². The van der Waals surface area contributed by atoms with E-state index in [1.54, 1.807) is 0 Å². The van der Waals surface area contributed by atoms with E-state index in [2.05, 4.69) is 13.2 Å². The second-order valence-corrected chi connectivity index (χ2v) is 2.90. The summed E-state index contributed by atoms with van der Waals surface area (Å²) < 4.78 is 9.74. The molecule has 4 nitrogen and oxygen atoms in total. The Balaban J connectivity index is 2.61. The number of carbonyl (C=O) groups is 2. The lowest BCUT2D eigenvalue weighted by Gasteiger charge is -2.26. The summed E-state index contributed by atoms with van der Waals surface area (Å²) in [6.07, 6.45) is 1.92. The molecule has 0 N–H and O–H groups in total. The van der Waals surface area contributed by atoms with Gasteiger partial charge in [-0.2, -0.15) is 0 Å². The highest BCUT2D eigenvalue weighted by Gasteiger charge is 2.36. The second-order valence-electron chi connectivity index (χ2n) is 2.90. The Labute approximate surface area is 82.2 Å². The lowest BCUT2D eigenvalue weighted by Crippen LogP contribution is -2.43. The SMILES string of the molecule is C=CCC1OC(=O)C(CC=C)OC1=O.